The molecule has 0 heterocycles. The van der Waals surface area contributed by atoms with Crippen LogP contribution < -0.4 is 0 Å². The van der Waals surface area contributed by atoms with E-state index in [1.165, 1.54) is 0 Å². The van der Waals surface area contributed by atoms with Crippen LogP contribution in [0.1, 0.15) is 6.92 Å². The van der Waals surface area contributed by atoms with Crippen molar-refractivity contribution in [3.63, 3.8) is 0 Å². The molecule has 0 saturated heterocycles. The van der Waals surface area contributed by atoms with Crippen molar-refractivity contribution in [2.45, 2.75) is 6.92 Å². The second-order valence-corrected chi connectivity index (χ2v) is 1.74. The Hall–Kier alpha value is -0.630. The molecule has 0 amide bonds. The number of carbonyl (C=O) groups is 1. The molecule has 8 heavy (non-hydrogen) atoms. The second kappa shape index (κ2) is 3.38. The highest BCUT2D eigenvalue weighted by Crippen LogP contribution is 2.01. The molecule has 0 rings (SSSR count). The third kappa shape index (κ3) is 1.89. The van der Waals surface area contributed by atoms with Crippen LogP contribution in [0.15, 0.2) is 12.2 Å². The maximum absolute atomic E-state index is 9.93. The van der Waals surface area contributed by atoms with E-state index >= 15 is 0 Å². The zero-order chi connectivity index (χ0) is 6.57. The van der Waals surface area contributed by atoms with Gasteiger partial charge in [0.15, 0.2) is 0 Å². The fraction of sp³-hybridized carbons (Fsp3) is 0.500. The van der Waals surface area contributed by atoms with E-state index in [1.807, 2.05) is 0 Å². The molecule has 0 saturated carbocycles. The molecule has 0 aliphatic carbocycles. The molecule has 0 fully saturated rings. The van der Waals surface area contributed by atoms with Gasteiger partial charge in [0, 0.05) is 5.92 Å². The van der Waals surface area contributed by atoms with Gasteiger partial charge in [0.2, 0.25) is 0 Å². The van der Waals surface area contributed by atoms with E-state index in [4.69, 9.17) is 5.11 Å². The van der Waals surface area contributed by atoms with Gasteiger partial charge in [-0.05, 0) is 5.57 Å². The lowest BCUT2D eigenvalue weighted by Gasteiger charge is -2.01. The maximum Gasteiger partial charge on any atom is 0.126 e. The largest absolute Gasteiger partial charge is 0.392 e. The highest BCUT2D eigenvalue weighted by molar-refractivity contribution is 5.57. The van der Waals surface area contributed by atoms with Crippen LogP contribution in [0.3, 0.4) is 0 Å². The average Bonchev–Trinajstić information content (AvgIpc) is 1.84. The van der Waals surface area contributed by atoms with Crippen LogP contribution in [0.25, 0.3) is 0 Å². The lowest BCUT2D eigenvalue weighted by molar-refractivity contribution is -0.109. The van der Waals surface area contributed by atoms with E-state index in [2.05, 4.69) is 6.58 Å². The summed E-state index contributed by atoms with van der Waals surface area (Å²) < 4.78 is 0. The Bertz CT molecular complexity index is 96.7. The van der Waals surface area contributed by atoms with Crippen molar-refractivity contribution >= 4 is 6.29 Å². The van der Waals surface area contributed by atoms with Gasteiger partial charge in [0.1, 0.15) is 6.29 Å². The number of aliphatic hydroxyl groups is 1. The van der Waals surface area contributed by atoms with Crippen LogP contribution in [-0.2, 0) is 4.79 Å². The van der Waals surface area contributed by atoms with Crippen molar-refractivity contribution in [2.75, 3.05) is 6.61 Å². The fourth-order valence-electron chi connectivity index (χ4n) is 0.240. The van der Waals surface area contributed by atoms with Gasteiger partial charge in [-0.15, -0.1) is 0 Å². The monoisotopic (exact) mass is 114 g/mol. The van der Waals surface area contributed by atoms with Gasteiger partial charge in [0.25, 0.3) is 0 Å². The lowest BCUT2D eigenvalue weighted by atomic mass is 10.1. The molecule has 0 bridgehead atoms. The summed E-state index contributed by atoms with van der Waals surface area (Å²) in [5.41, 5.74) is 0.569. The standard InChI is InChI=1S/C6H10O2/c1-5(3-7)6(2)4-8/h4,6-7H,1,3H2,2H3. The lowest BCUT2D eigenvalue weighted by Crippen LogP contribution is -2.02. The summed E-state index contributed by atoms with van der Waals surface area (Å²) in [6.07, 6.45) is 0.762. The van der Waals surface area contributed by atoms with E-state index in [-0.39, 0.29) is 12.5 Å². The van der Waals surface area contributed by atoms with Gasteiger partial charge >= 0.3 is 0 Å². The molecule has 0 aliphatic rings. The van der Waals surface area contributed by atoms with Crippen molar-refractivity contribution in [1.29, 1.82) is 0 Å². The molecule has 0 radical (unpaired) electrons. The minimum absolute atomic E-state index is 0.0973. The zero-order valence-corrected chi connectivity index (χ0v) is 4.92. The summed E-state index contributed by atoms with van der Waals surface area (Å²) >= 11 is 0. The molecule has 0 aromatic heterocycles. The summed E-state index contributed by atoms with van der Waals surface area (Å²) in [6, 6.07) is 0. The van der Waals surface area contributed by atoms with E-state index in [0.29, 0.717) is 5.57 Å². The van der Waals surface area contributed by atoms with Gasteiger partial charge in [-0.1, -0.05) is 13.5 Å². The predicted octanol–water partition coefficient (Wildman–Crippen LogP) is 0.370. The maximum atomic E-state index is 9.93. The zero-order valence-electron chi connectivity index (χ0n) is 4.92. The molecule has 1 N–H and O–H groups in total. The van der Waals surface area contributed by atoms with Crippen molar-refractivity contribution in [2.24, 2.45) is 5.92 Å². The number of aliphatic hydroxyl groups excluding tert-OH is 1. The Labute approximate surface area is 48.8 Å². The molecule has 2 nitrogen and oxygen atoms in total. The molecule has 0 spiro atoms. The third-order valence-corrected chi connectivity index (χ3v) is 1.05. The summed E-state index contributed by atoms with van der Waals surface area (Å²) in [7, 11) is 0. The predicted molar refractivity (Wildman–Crippen MR) is 31.5 cm³/mol. The van der Waals surface area contributed by atoms with Crippen LogP contribution >= 0.6 is 0 Å². The van der Waals surface area contributed by atoms with Crippen LogP contribution in [0, 0.1) is 5.92 Å². The first-order valence-electron chi connectivity index (χ1n) is 2.46. The summed E-state index contributed by atoms with van der Waals surface area (Å²) in [5.74, 6) is -0.208. The van der Waals surface area contributed by atoms with E-state index in [1.54, 1.807) is 6.92 Å². The number of carbonyl (C=O) groups excluding carboxylic acids is 1. The van der Waals surface area contributed by atoms with Crippen molar-refractivity contribution in [1.82, 2.24) is 0 Å². The Morgan fingerprint density at radius 1 is 2.00 bits per heavy atom. The molecule has 0 aromatic carbocycles. The van der Waals surface area contributed by atoms with E-state index < -0.39 is 0 Å². The minimum Gasteiger partial charge on any atom is -0.392 e. The molecule has 0 aliphatic heterocycles. The molecule has 0 aromatic rings. The van der Waals surface area contributed by atoms with Gasteiger partial charge in [-0.3, -0.25) is 0 Å². The summed E-state index contributed by atoms with van der Waals surface area (Å²) in [5, 5.41) is 8.38. The highest BCUT2D eigenvalue weighted by atomic mass is 16.3. The van der Waals surface area contributed by atoms with Crippen molar-refractivity contribution in [3.05, 3.63) is 12.2 Å². The van der Waals surface area contributed by atoms with Crippen molar-refractivity contribution in [3.8, 4) is 0 Å². The van der Waals surface area contributed by atoms with Crippen molar-refractivity contribution < 1.29 is 9.90 Å². The Morgan fingerprint density at radius 3 is 2.62 bits per heavy atom. The first-order chi connectivity index (χ1) is 3.72. The van der Waals surface area contributed by atoms with Gasteiger partial charge < -0.3 is 9.90 Å². The van der Waals surface area contributed by atoms with E-state index in [9.17, 15) is 4.79 Å². The highest BCUT2D eigenvalue weighted by Gasteiger charge is 2.00. The number of aldehydes is 1. The van der Waals surface area contributed by atoms with Crippen LogP contribution in [0.5, 0.6) is 0 Å². The van der Waals surface area contributed by atoms with Gasteiger partial charge in [-0.2, -0.15) is 0 Å². The SMILES string of the molecule is C=C(CO)C(C)C=O. The van der Waals surface area contributed by atoms with Crippen LogP contribution in [0.4, 0.5) is 0 Å². The molecule has 1 atom stereocenters. The first kappa shape index (κ1) is 7.37. The molecule has 46 valence electrons. The second-order valence-electron chi connectivity index (χ2n) is 1.74. The normalized spacial score (nSPS) is 12.8. The number of rotatable bonds is 3. The smallest absolute Gasteiger partial charge is 0.126 e. The van der Waals surface area contributed by atoms with Crippen LogP contribution in [0.2, 0.25) is 0 Å². The first-order valence-corrected chi connectivity index (χ1v) is 2.46. The molecule has 1 unspecified atom stereocenters. The van der Waals surface area contributed by atoms with E-state index in [0.717, 1.165) is 6.29 Å². The van der Waals surface area contributed by atoms with Gasteiger partial charge in [-0.25, -0.2) is 0 Å². The topological polar surface area (TPSA) is 37.3 Å². The molecular weight excluding hydrogens is 104 g/mol. The fourth-order valence-corrected chi connectivity index (χ4v) is 0.240. The Morgan fingerprint density at radius 2 is 2.50 bits per heavy atom. The minimum atomic E-state index is -0.208. The van der Waals surface area contributed by atoms with Gasteiger partial charge in [0.05, 0.1) is 6.61 Å². The third-order valence-electron chi connectivity index (χ3n) is 1.05. The summed E-state index contributed by atoms with van der Waals surface area (Å²) in [6.45, 7) is 5.07. The molecule has 2 heteroatoms. The Balaban J connectivity index is 3.62. The Kier molecular flexibility index (Phi) is 3.12. The molecular formula is C6H10O2. The number of hydrogen-bond acceptors (Lipinski definition) is 2. The number of hydrogen-bond donors (Lipinski definition) is 1. The van der Waals surface area contributed by atoms with Crippen LogP contribution in [-0.4, -0.2) is 18.0 Å². The quantitative estimate of drug-likeness (QED) is 0.425. The summed E-state index contributed by atoms with van der Waals surface area (Å²) in [4.78, 5) is 9.93. The average molecular weight is 114 g/mol.